The van der Waals surface area contributed by atoms with Crippen molar-refractivity contribution in [3.05, 3.63) is 48.0 Å². The number of hydrogen-bond donors (Lipinski definition) is 2. The van der Waals surface area contributed by atoms with Gasteiger partial charge in [0, 0.05) is 25.4 Å². The Morgan fingerprint density at radius 3 is 2.72 bits per heavy atom. The van der Waals surface area contributed by atoms with Crippen molar-refractivity contribution in [3.8, 4) is 0 Å². The quantitative estimate of drug-likeness (QED) is 0.384. The van der Waals surface area contributed by atoms with E-state index in [-0.39, 0.29) is 30.4 Å². The number of nitrogens with zero attached hydrogens (tertiary/aromatic N) is 1. The molecule has 1 saturated heterocycles. The lowest BCUT2D eigenvalue weighted by molar-refractivity contribution is -0.137. The molecule has 0 aromatic heterocycles. The van der Waals surface area contributed by atoms with Crippen molar-refractivity contribution < 1.29 is 19.8 Å². The summed E-state index contributed by atoms with van der Waals surface area (Å²) in [4.78, 5) is 24.6. The Bertz CT molecular complexity index is 658. The lowest BCUT2D eigenvalue weighted by atomic mass is 9.92. The fraction of sp³-hybridized carbons (Fsp3) is 0.583. The number of rotatable bonds is 13. The predicted octanol–water partition coefficient (Wildman–Crippen LogP) is 4.20. The Morgan fingerprint density at radius 1 is 1.24 bits per heavy atom. The van der Waals surface area contributed by atoms with E-state index in [0.29, 0.717) is 25.8 Å². The van der Waals surface area contributed by atoms with E-state index in [0.717, 1.165) is 32.1 Å². The molecule has 0 radical (unpaired) electrons. The third-order valence-corrected chi connectivity index (χ3v) is 5.87. The highest BCUT2D eigenvalue weighted by Crippen LogP contribution is 2.25. The second kappa shape index (κ2) is 12.4. The number of aliphatic carboxylic acids is 1. The molecule has 5 heteroatoms. The molecule has 1 heterocycles. The highest BCUT2D eigenvalue weighted by atomic mass is 16.4. The van der Waals surface area contributed by atoms with Crippen LogP contribution in [0.5, 0.6) is 0 Å². The fourth-order valence-electron chi connectivity index (χ4n) is 3.90. The van der Waals surface area contributed by atoms with E-state index in [1.807, 2.05) is 35.3 Å². The molecule has 0 aliphatic carbocycles. The molecule has 1 fully saturated rings. The summed E-state index contributed by atoms with van der Waals surface area (Å²) in [7, 11) is 0. The van der Waals surface area contributed by atoms with Crippen molar-refractivity contribution in [1.82, 2.24) is 4.90 Å². The standard InChI is InChI=1S/C24H35NO4/c1-19(12-13-20-9-5-4-6-10-20)22(26)16-14-21-15-17-23(27)25(21)18-8-3-2-7-11-24(28)29/h3-6,8-10,19,21-22,26H,2,7,11-18H2,1H3,(H,28,29)/b8-3-/t19-,21-,22+/m0/s1. The average molecular weight is 402 g/mol. The van der Waals surface area contributed by atoms with Gasteiger partial charge in [0.15, 0.2) is 0 Å². The van der Waals surface area contributed by atoms with Crippen molar-refractivity contribution in [2.75, 3.05) is 6.54 Å². The normalized spacial score (nSPS) is 19.0. The first kappa shape index (κ1) is 23.1. The highest BCUT2D eigenvalue weighted by Gasteiger charge is 2.30. The Labute approximate surface area is 174 Å². The molecule has 1 aromatic carbocycles. The van der Waals surface area contributed by atoms with Crippen molar-refractivity contribution in [2.24, 2.45) is 5.92 Å². The maximum absolute atomic E-state index is 12.2. The van der Waals surface area contributed by atoms with E-state index in [4.69, 9.17) is 5.11 Å². The molecule has 0 unspecified atom stereocenters. The van der Waals surface area contributed by atoms with E-state index in [1.165, 1.54) is 5.56 Å². The van der Waals surface area contributed by atoms with Crippen molar-refractivity contribution in [1.29, 1.82) is 0 Å². The number of likely N-dealkylation sites (tertiary alicyclic amines) is 1. The van der Waals surface area contributed by atoms with Gasteiger partial charge in [-0.1, -0.05) is 49.4 Å². The summed E-state index contributed by atoms with van der Waals surface area (Å²) in [5, 5.41) is 19.2. The summed E-state index contributed by atoms with van der Waals surface area (Å²) < 4.78 is 0. The lowest BCUT2D eigenvalue weighted by Crippen LogP contribution is -2.34. The highest BCUT2D eigenvalue weighted by molar-refractivity contribution is 5.78. The van der Waals surface area contributed by atoms with Gasteiger partial charge < -0.3 is 15.1 Å². The van der Waals surface area contributed by atoms with E-state index < -0.39 is 5.97 Å². The topological polar surface area (TPSA) is 77.8 Å². The second-order valence-electron chi connectivity index (χ2n) is 8.14. The van der Waals surface area contributed by atoms with E-state index in [1.54, 1.807) is 0 Å². The second-order valence-corrected chi connectivity index (χ2v) is 8.14. The monoisotopic (exact) mass is 401 g/mol. The first-order valence-electron chi connectivity index (χ1n) is 10.9. The minimum atomic E-state index is -0.773. The van der Waals surface area contributed by atoms with Gasteiger partial charge in [0.2, 0.25) is 5.91 Å². The van der Waals surface area contributed by atoms with Crippen molar-refractivity contribution in [3.63, 3.8) is 0 Å². The van der Waals surface area contributed by atoms with Gasteiger partial charge in [-0.05, 0) is 56.4 Å². The minimum absolute atomic E-state index is 0.177. The molecule has 0 bridgehead atoms. The Kier molecular flexibility index (Phi) is 9.92. The van der Waals surface area contributed by atoms with Gasteiger partial charge in [-0.3, -0.25) is 9.59 Å². The number of unbranched alkanes of at least 4 members (excludes halogenated alkanes) is 1. The molecule has 29 heavy (non-hydrogen) atoms. The molecule has 2 rings (SSSR count). The van der Waals surface area contributed by atoms with Crippen LogP contribution in [0.4, 0.5) is 0 Å². The first-order valence-corrected chi connectivity index (χ1v) is 10.9. The first-order chi connectivity index (χ1) is 14.0. The number of aliphatic hydroxyl groups excluding tert-OH is 1. The maximum atomic E-state index is 12.2. The van der Waals surface area contributed by atoms with Gasteiger partial charge >= 0.3 is 5.97 Å². The molecular weight excluding hydrogens is 366 g/mol. The van der Waals surface area contributed by atoms with Gasteiger partial charge in [-0.2, -0.15) is 0 Å². The molecule has 3 atom stereocenters. The van der Waals surface area contributed by atoms with Crippen LogP contribution in [0.2, 0.25) is 0 Å². The molecule has 1 amide bonds. The third-order valence-electron chi connectivity index (χ3n) is 5.87. The number of carbonyl (C=O) groups excluding carboxylic acids is 1. The maximum Gasteiger partial charge on any atom is 0.303 e. The van der Waals surface area contributed by atoms with Gasteiger partial charge in [0.1, 0.15) is 0 Å². The number of hydrogen-bond acceptors (Lipinski definition) is 3. The molecule has 2 N–H and O–H groups in total. The third kappa shape index (κ3) is 8.40. The zero-order chi connectivity index (χ0) is 21.1. The zero-order valence-electron chi connectivity index (χ0n) is 17.5. The van der Waals surface area contributed by atoms with Crippen molar-refractivity contribution >= 4 is 11.9 Å². The molecule has 1 aromatic rings. The molecule has 0 saturated carbocycles. The van der Waals surface area contributed by atoms with Gasteiger partial charge in [-0.25, -0.2) is 0 Å². The van der Waals surface area contributed by atoms with Gasteiger partial charge in [0.05, 0.1) is 6.10 Å². The fourth-order valence-corrected chi connectivity index (χ4v) is 3.90. The van der Waals surface area contributed by atoms with Crippen LogP contribution in [0.15, 0.2) is 42.5 Å². The van der Waals surface area contributed by atoms with E-state index in [2.05, 4.69) is 19.1 Å². The van der Waals surface area contributed by atoms with Gasteiger partial charge in [-0.15, -0.1) is 0 Å². The molecular formula is C24H35NO4. The minimum Gasteiger partial charge on any atom is -0.481 e. The average Bonchev–Trinajstić information content (AvgIpc) is 3.07. The van der Waals surface area contributed by atoms with Crippen LogP contribution >= 0.6 is 0 Å². The number of allylic oxidation sites excluding steroid dienone is 1. The largest absolute Gasteiger partial charge is 0.481 e. The van der Waals surface area contributed by atoms with Gasteiger partial charge in [0.25, 0.3) is 0 Å². The zero-order valence-corrected chi connectivity index (χ0v) is 17.5. The summed E-state index contributed by atoms with van der Waals surface area (Å²) >= 11 is 0. The van der Waals surface area contributed by atoms with Crippen LogP contribution in [-0.4, -0.2) is 45.7 Å². The smallest absolute Gasteiger partial charge is 0.303 e. The van der Waals surface area contributed by atoms with Crippen LogP contribution in [0.3, 0.4) is 0 Å². The number of benzene rings is 1. The molecule has 160 valence electrons. The summed E-state index contributed by atoms with van der Waals surface area (Å²) in [5.74, 6) is -0.364. The number of aliphatic hydroxyl groups is 1. The summed E-state index contributed by atoms with van der Waals surface area (Å²) in [6.07, 6.45) is 10.0. The lowest BCUT2D eigenvalue weighted by Gasteiger charge is -2.26. The molecule has 1 aliphatic heterocycles. The number of carboxylic acid groups (broad SMARTS) is 1. The van der Waals surface area contributed by atoms with Crippen LogP contribution in [0, 0.1) is 5.92 Å². The number of carboxylic acids is 1. The van der Waals surface area contributed by atoms with Crippen LogP contribution in [-0.2, 0) is 16.0 Å². The number of carbonyl (C=O) groups is 2. The van der Waals surface area contributed by atoms with Crippen LogP contribution in [0.1, 0.15) is 63.9 Å². The molecule has 1 aliphatic rings. The van der Waals surface area contributed by atoms with E-state index >= 15 is 0 Å². The van der Waals surface area contributed by atoms with Crippen molar-refractivity contribution in [2.45, 2.75) is 76.9 Å². The number of amides is 1. The van der Waals surface area contributed by atoms with Crippen LogP contribution in [0.25, 0.3) is 0 Å². The molecule has 0 spiro atoms. The Morgan fingerprint density at radius 2 is 2.00 bits per heavy atom. The predicted molar refractivity (Wildman–Crippen MR) is 115 cm³/mol. The summed E-state index contributed by atoms with van der Waals surface area (Å²) in [6.45, 7) is 2.68. The number of aryl methyl sites for hydroxylation is 1. The molecule has 5 nitrogen and oxygen atoms in total. The SMILES string of the molecule is C[C@@H](CCc1ccccc1)[C@H](O)CC[C@H]1CCC(=O)N1C/C=C\CCCC(=O)O. The van der Waals surface area contributed by atoms with Crippen LogP contribution < -0.4 is 0 Å². The summed E-state index contributed by atoms with van der Waals surface area (Å²) in [6, 6.07) is 10.5. The summed E-state index contributed by atoms with van der Waals surface area (Å²) in [5.41, 5.74) is 1.30. The van der Waals surface area contributed by atoms with E-state index in [9.17, 15) is 14.7 Å². The Balaban J connectivity index is 1.70. The Hall–Kier alpha value is -2.14.